The molecule has 19 heavy (non-hydrogen) atoms. The number of rotatable bonds is 10. The number of aromatic nitrogens is 2. The van der Waals surface area contributed by atoms with Gasteiger partial charge in [-0.25, -0.2) is 4.68 Å². The van der Waals surface area contributed by atoms with E-state index < -0.39 is 0 Å². The van der Waals surface area contributed by atoms with E-state index in [1.807, 2.05) is 0 Å². The highest BCUT2D eigenvalue weighted by molar-refractivity contribution is 5.13. The fourth-order valence-corrected chi connectivity index (χ4v) is 1.40. The second kappa shape index (κ2) is 9.48. The first-order valence-electron chi connectivity index (χ1n) is 6.24. The monoisotopic (exact) mass is 271 g/mol. The van der Waals surface area contributed by atoms with Crippen LogP contribution < -0.4 is 16.0 Å². The minimum atomic E-state index is -0.213. The molecule has 0 aromatic carbocycles. The minimum Gasteiger partial charge on any atom is -0.490 e. The predicted molar refractivity (Wildman–Crippen MR) is 70.4 cm³/mol. The van der Waals surface area contributed by atoms with Crippen molar-refractivity contribution >= 4 is 0 Å². The summed E-state index contributed by atoms with van der Waals surface area (Å²) in [6.45, 7) is 2.92. The minimum absolute atomic E-state index is 0.213. The van der Waals surface area contributed by atoms with Crippen molar-refractivity contribution in [1.29, 1.82) is 0 Å². The van der Waals surface area contributed by atoms with Crippen molar-refractivity contribution in [2.45, 2.75) is 13.0 Å². The highest BCUT2D eigenvalue weighted by atomic mass is 16.5. The van der Waals surface area contributed by atoms with Crippen molar-refractivity contribution in [2.75, 3.05) is 40.1 Å². The summed E-state index contributed by atoms with van der Waals surface area (Å²) in [5, 5.41) is 4.00. The van der Waals surface area contributed by atoms with Crippen molar-refractivity contribution < 1.29 is 14.2 Å². The summed E-state index contributed by atoms with van der Waals surface area (Å²) in [5.41, 5.74) is 5.09. The third-order valence-corrected chi connectivity index (χ3v) is 2.32. The van der Waals surface area contributed by atoms with Gasteiger partial charge in [0.2, 0.25) is 0 Å². The number of ether oxygens (including phenoxy) is 3. The van der Waals surface area contributed by atoms with E-state index in [0.29, 0.717) is 45.3 Å². The second-order valence-electron chi connectivity index (χ2n) is 3.85. The number of methoxy groups -OCH3 is 1. The van der Waals surface area contributed by atoms with E-state index in [4.69, 9.17) is 19.9 Å². The summed E-state index contributed by atoms with van der Waals surface area (Å²) in [6.07, 6.45) is 2.34. The summed E-state index contributed by atoms with van der Waals surface area (Å²) < 4.78 is 16.8. The third-order valence-electron chi connectivity index (χ3n) is 2.32. The Morgan fingerprint density at radius 1 is 1.32 bits per heavy atom. The van der Waals surface area contributed by atoms with E-state index in [-0.39, 0.29) is 5.56 Å². The molecule has 2 N–H and O–H groups in total. The number of hydrogen-bond acceptors (Lipinski definition) is 6. The van der Waals surface area contributed by atoms with Crippen LogP contribution in [0.1, 0.15) is 6.42 Å². The zero-order valence-corrected chi connectivity index (χ0v) is 11.2. The van der Waals surface area contributed by atoms with Crippen molar-refractivity contribution in [1.82, 2.24) is 9.78 Å². The van der Waals surface area contributed by atoms with Gasteiger partial charge >= 0.3 is 0 Å². The molecule has 108 valence electrons. The third kappa shape index (κ3) is 6.32. The molecule has 0 saturated carbocycles. The Bertz CT molecular complexity index is 408. The van der Waals surface area contributed by atoms with Gasteiger partial charge in [0.15, 0.2) is 0 Å². The van der Waals surface area contributed by atoms with Crippen molar-refractivity contribution in [3.63, 3.8) is 0 Å². The molecular formula is C12H21N3O4. The lowest BCUT2D eigenvalue weighted by atomic mass is 10.5. The maximum Gasteiger partial charge on any atom is 0.270 e. The molecule has 0 spiro atoms. The van der Waals surface area contributed by atoms with Gasteiger partial charge in [-0.3, -0.25) is 4.79 Å². The summed E-state index contributed by atoms with van der Waals surface area (Å²) in [5.74, 6) is 0.438. The van der Waals surface area contributed by atoms with E-state index in [9.17, 15) is 4.79 Å². The highest BCUT2D eigenvalue weighted by Gasteiger charge is 2.01. The van der Waals surface area contributed by atoms with Gasteiger partial charge in [0, 0.05) is 32.9 Å². The first-order valence-corrected chi connectivity index (χ1v) is 6.24. The molecule has 1 heterocycles. The Kier molecular flexibility index (Phi) is 7.80. The molecule has 7 heteroatoms. The van der Waals surface area contributed by atoms with Crippen LogP contribution in [-0.4, -0.2) is 49.9 Å². The zero-order valence-electron chi connectivity index (χ0n) is 11.2. The zero-order chi connectivity index (χ0) is 13.9. The van der Waals surface area contributed by atoms with Gasteiger partial charge in [-0.05, 0) is 6.42 Å². The molecule has 0 unspecified atom stereocenters. The first-order chi connectivity index (χ1) is 9.27. The molecule has 0 aliphatic heterocycles. The molecule has 7 nitrogen and oxygen atoms in total. The van der Waals surface area contributed by atoms with Gasteiger partial charge in [0.25, 0.3) is 5.56 Å². The molecule has 0 saturated heterocycles. The Hall–Kier alpha value is -1.44. The van der Waals surface area contributed by atoms with Gasteiger partial charge in [0.1, 0.15) is 12.4 Å². The van der Waals surface area contributed by atoms with Crippen LogP contribution in [0.15, 0.2) is 17.1 Å². The predicted octanol–water partition coefficient (Wildman–Crippen LogP) is -0.366. The molecule has 1 rings (SSSR count). The number of hydrogen-bond donors (Lipinski definition) is 1. The average Bonchev–Trinajstić information content (AvgIpc) is 2.42. The van der Waals surface area contributed by atoms with Gasteiger partial charge in [-0.1, -0.05) is 0 Å². The number of nitrogens with zero attached hydrogens (tertiary/aromatic N) is 2. The molecule has 0 atom stereocenters. The maximum absolute atomic E-state index is 11.7. The van der Waals surface area contributed by atoms with E-state index in [1.165, 1.54) is 16.9 Å². The lowest BCUT2D eigenvalue weighted by Crippen LogP contribution is -2.24. The molecule has 1 aromatic rings. The van der Waals surface area contributed by atoms with Crippen LogP contribution >= 0.6 is 0 Å². The van der Waals surface area contributed by atoms with Crippen molar-refractivity contribution in [3.8, 4) is 5.75 Å². The fourth-order valence-electron chi connectivity index (χ4n) is 1.40. The van der Waals surface area contributed by atoms with Crippen LogP contribution in [-0.2, 0) is 16.0 Å². The van der Waals surface area contributed by atoms with Crippen molar-refractivity contribution in [3.05, 3.63) is 22.6 Å². The van der Waals surface area contributed by atoms with Crippen LogP contribution in [0.2, 0.25) is 0 Å². The lowest BCUT2D eigenvalue weighted by Gasteiger charge is -2.07. The van der Waals surface area contributed by atoms with Gasteiger partial charge in [-0.15, -0.1) is 0 Å². The number of nitrogens with two attached hydrogens (primary N) is 1. The molecular weight excluding hydrogens is 250 g/mol. The topological polar surface area (TPSA) is 88.6 Å². The van der Waals surface area contributed by atoms with Gasteiger partial charge in [-0.2, -0.15) is 5.10 Å². The van der Waals surface area contributed by atoms with Crippen LogP contribution in [0.4, 0.5) is 0 Å². The normalized spacial score (nSPS) is 10.6. The lowest BCUT2D eigenvalue weighted by molar-refractivity contribution is 0.0953. The van der Waals surface area contributed by atoms with Crippen LogP contribution in [0.25, 0.3) is 0 Å². The quantitative estimate of drug-likeness (QED) is 0.584. The largest absolute Gasteiger partial charge is 0.490 e. The Labute approximate surface area is 112 Å². The smallest absolute Gasteiger partial charge is 0.270 e. The second-order valence-corrected chi connectivity index (χ2v) is 3.85. The van der Waals surface area contributed by atoms with Crippen LogP contribution in [0, 0.1) is 0 Å². The standard InChI is InChI=1S/C12H21N3O4/c1-17-5-2-6-18-8-4-15-12(16)9-11(10-14-15)19-7-3-13/h9-10H,2-8,13H2,1H3. The Morgan fingerprint density at radius 2 is 2.16 bits per heavy atom. The van der Waals surface area contributed by atoms with Gasteiger partial charge < -0.3 is 19.9 Å². The summed E-state index contributed by atoms with van der Waals surface area (Å²) in [4.78, 5) is 11.7. The molecule has 0 amide bonds. The molecule has 0 radical (unpaired) electrons. The van der Waals surface area contributed by atoms with Gasteiger partial charge in [0.05, 0.1) is 19.3 Å². The molecule has 0 bridgehead atoms. The highest BCUT2D eigenvalue weighted by Crippen LogP contribution is 2.02. The summed E-state index contributed by atoms with van der Waals surface area (Å²) in [6, 6.07) is 1.40. The summed E-state index contributed by atoms with van der Waals surface area (Å²) >= 11 is 0. The average molecular weight is 271 g/mol. The molecule has 1 aromatic heterocycles. The fraction of sp³-hybridized carbons (Fsp3) is 0.667. The first kappa shape index (κ1) is 15.6. The van der Waals surface area contributed by atoms with E-state index in [1.54, 1.807) is 7.11 Å². The summed E-state index contributed by atoms with van der Waals surface area (Å²) in [7, 11) is 1.65. The van der Waals surface area contributed by atoms with E-state index in [2.05, 4.69) is 5.10 Å². The SMILES string of the molecule is COCCCOCCn1ncc(OCCN)cc1=O. The Balaban J connectivity index is 2.32. The maximum atomic E-state index is 11.7. The Morgan fingerprint density at radius 3 is 2.84 bits per heavy atom. The van der Waals surface area contributed by atoms with Crippen LogP contribution in [0.5, 0.6) is 5.75 Å². The van der Waals surface area contributed by atoms with E-state index >= 15 is 0 Å². The van der Waals surface area contributed by atoms with Crippen LogP contribution in [0.3, 0.4) is 0 Å². The molecule has 0 fully saturated rings. The van der Waals surface area contributed by atoms with Crippen molar-refractivity contribution in [2.24, 2.45) is 5.73 Å². The molecule has 0 aliphatic rings. The van der Waals surface area contributed by atoms with E-state index in [0.717, 1.165) is 6.42 Å². The molecule has 0 aliphatic carbocycles.